The summed E-state index contributed by atoms with van der Waals surface area (Å²) in [5.41, 5.74) is 0.813. The minimum Gasteiger partial charge on any atom is -0.481 e. The van der Waals surface area contributed by atoms with Gasteiger partial charge in [-0.1, -0.05) is 0 Å². The summed E-state index contributed by atoms with van der Waals surface area (Å²) in [6, 6.07) is 1.76. The molecule has 1 aromatic rings. The zero-order chi connectivity index (χ0) is 15.4. The molecule has 0 bridgehead atoms. The van der Waals surface area contributed by atoms with Crippen molar-refractivity contribution in [3.05, 3.63) is 17.6 Å². The fourth-order valence-corrected chi connectivity index (χ4v) is 2.62. The molecule has 1 aromatic heterocycles. The van der Waals surface area contributed by atoms with Crippen LogP contribution in [0.4, 0.5) is 5.82 Å². The van der Waals surface area contributed by atoms with Crippen LogP contribution in [0.5, 0.6) is 0 Å². The number of amides is 1. The Morgan fingerprint density at radius 1 is 1.43 bits per heavy atom. The Morgan fingerprint density at radius 3 is 2.86 bits per heavy atom. The van der Waals surface area contributed by atoms with Gasteiger partial charge in [0.1, 0.15) is 11.6 Å². The Balaban J connectivity index is 2.16. The number of carboxylic acids is 1. The number of nitrogens with zero attached hydrogens (tertiary/aromatic N) is 3. The van der Waals surface area contributed by atoms with Crippen LogP contribution in [0.25, 0.3) is 0 Å². The lowest BCUT2D eigenvalue weighted by Crippen LogP contribution is -2.31. The second-order valence-corrected chi connectivity index (χ2v) is 5.11. The van der Waals surface area contributed by atoms with Crippen LogP contribution >= 0.6 is 0 Å². The maximum atomic E-state index is 12.2. The van der Waals surface area contributed by atoms with E-state index in [4.69, 9.17) is 5.11 Å². The Bertz CT molecular complexity index is 547. The molecule has 21 heavy (non-hydrogen) atoms. The van der Waals surface area contributed by atoms with Crippen molar-refractivity contribution in [1.82, 2.24) is 14.9 Å². The van der Waals surface area contributed by atoms with Crippen molar-refractivity contribution in [3.63, 3.8) is 0 Å². The van der Waals surface area contributed by atoms with Gasteiger partial charge in [-0.15, -0.1) is 0 Å². The summed E-state index contributed by atoms with van der Waals surface area (Å²) in [5.74, 6) is 0.306. The molecule has 1 aliphatic heterocycles. The lowest BCUT2D eigenvalue weighted by molar-refractivity contribution is -0.141. The number of nitrogens with one attached hydrogen (secondary N) is 1. The number of anilines is 1. The van der Waals surface area contributed by atoms with Crippen molar-refractivity contribution < 1.29 is 14.7 Å². The van der Waals surface area contributed by atoms with Crippen molar-refractivity contribution >= 4 is 17.7 Å². The number of rotatable bonds is 5. The van der Waals surface area contributed by atoms with E-state index in [2.05, 4.69) is 15.3 Å². The summed E-state index contributed by atoms with van der Waals surface area (Å²) in [7, 11) is 1.79. The summed E-state index contributed by atoms with van der Waals surface area (Å²) < 4.78 is 0. The third kappa shape index (κ3) is 3.68. The zero-order valence-electron chi connectivity index (χ0n) is 12.3. The number of carbonyl (C=O) groups excluding carboxylic acids is 1. The van der Waals surface area contributed by atoms with Gasteiger partial charge in [0.2, 0.25) is 5.91 Å². The fraction of sp³-hybridized carbons (Fsp3) is 0.571. The first-order valence-corrected chi connectivity index (χ1v) is 7.06. The van der Waals surface area contributed by atoms with Gasteiger partial charge >= 0.3 is 5.97 Å². The van der Waals surface area contributed by atoms with E-state index in [9.17, 15) is 9.59 Å². The van der Waals surface area contributed by atoms with Crippen LogP contribution in [0.1, 0.15) is 43.2 Å². The van der Waals surface area contributed by atoms with E-state index in [0.29, 0.717) is 12.4 Å². The molecule has 7 nitrogen and oxygen atoms in total. The van der Waals surface area contributed by atoms with Crippen molar-refractivity contribution in [3.8, 4) is 0 Å². The summed E-state index contributed by atoms with van der Waals surface area (Å²) >= 11 is 0. The third-order valence-electron chi connectivity index (χ3n) is 3.58. The summed E-state index contributed by atoms with van der Waals surface area (Å²) in [5, 5.41) is 11.7. The number of aliphatic carboxylic acids is 1. The molecular formula is C14H20N4O3. The third-order valence-corrected chi connectivity index (χ3v) is 3.58. The van der Waals surface area contributed by atoms with Crippen molar-refractivity contribution in [1.29, 1.82) is 0 Å². The monoisotopic (exact) mass is 292 g/mol. The SMILES string of the molecule is CNc1cc([C@@H]2CCCN2C(=O)CCC(=O)O)nc(C)n1. The van der Waals surface area contributed by atoms with E-state index in [1.54, 1.807) is 11.9 Å². The average Bonchev–Trinajstić information content (AvgIpc) is 2.93. The van der Waals surface area contributed by atoms with Gasteiger partial charge in [-0.25, -0.2) is 9.97 Å². The summed E-state index contributed by atoms with van der Waals surface area (Å²) in [4.78, 5) is 33.2. The second kappa shape index (κ2) is 6.51. The van der Waals surface area contributed by atoms with Gasteiger partial charge in [0, 0.05) is 26.1 Å². The topological polar surface area (TPSA) is 95.4 Å². The molecule has 2 N–H and O–H groups in total. The Labute approximate surface area is 123 Å². The predicted octanol–water partition coefficient (Wildman–Crippen LogP) is 1.36. The Kier molecular flexibility index (Phi) is 4.72. The molecule has 0 saturated carbocycles. The van der Waals surface area contributed by atoms with Crippen molar-refractivity contribution in [2.24, 2.45) is 0 Å². The van der Waals surface area contributed by atoms with E-state index >= 15 is 0 Å². The highest BCUT2D eigenvalue weighted by Crippen LogP contribution is 2.32. The van der Waals surface area contributed by atoms with E-state index in [0.717, 1.165) is 24.4 Å². The van der Waals surface area contributed by atoms with Gasteiger partial charge in [-0.3, -0.25) is 9.59 Å². The highest BCUT2D eigenvalue weighted by Gasteiger charge is 2.31. The van der Waals surface area contributed by atoms with Gasteiger partial charge in [0.05, 0.1) is 18.2 Å². The van der Waals surface area contributed by atoms with Crippen LogP contribution in [-0.4, -0.2) is 45.4 Å². The minimum absolute atomic E-state index is 0.0365. The first kappa shape index (κ1) is 15.2. The van der Waals surface area contributed by atoms with Gasteiger partial charge in [-0.05, 0) is 19.8 Å². The minimum atomic E-state index is -0.950. The van der Waals surface area contributed by atoms with Crippen molar-refractivity contribution in [2.75, 3.05) is 18.9 Å². The molecule has 0 unspecified atom stereocenters. The first-order valence-electron chi connectivity index (χ1n) is 7.06. The lowest BCUT2D eigenvalue weighted by atomic mass is 10.1. The van der Waals surface area contributed by atoms with Gasteiger partial charge in [0.25, 0.3) is 0 Å². The molecule has 1 atom stereocenters. The molecule has 0 spiro atoms. The molecule has 0 radical (unpaired) electrons. The molecule has 2 heterocycles. The van der Waals surface area contributed by atoms with Gasteiger partial charge < -0.3 is 15.3 Å². The number of hydrogen-bond donors (Lipinski definition) is 2. The molecule has 1 aliphatic rings. The van der Waals surface area contributed by atoms with Crippen LogP contribution in [0, 0.1) is 6.92 Å². The molecule has 1 saturated heterocycles. The number of carbonyl (C=O) groups is 2. The van der Waals surface area contributed by atoms with Crippen LogP contribution in [0.15, 0.2) is 6.07 Å². The molecule has 114 valence electrons. The number of aromatic nitrogens is 2. The quantitative estimate of drug-likeness (QED) is 0.850. The van der Waals surface area contributed by atoms with E-state index < -0.39 is 5.97 Å². The highest BCUT2D eigenvalue weighted by atomic mass is 16.4. The maximum absolute atomic E-state index is 12.2. The Hall–Kier alpha value is -2.18. The van der Waals surface area contributed by atoms with Gasteiger partial charge in [0.15, 0.2) is 0 Å². The lowest BCUT2D eigenvalue weighted by Gasteiger charge is -2.24. The van der Waals surface area contributed by atoms with Crippen LogP contribution in [0.2, 0.25) is 0 Å². The highest BCUT2D eigenvalue weighted by molar-refractivity contribution is 5.81. The average molecular weight is 292 g/mol. The van der Waals surface area contributed by atoms with Crippen LogP contribution in [0.3, 0.4) is 0 Å². The molecule has 1 fully saturated rings. The largest absolute Gasteiger partial charge is 0.481 e. The predicted molar refractivity (Wildman–Crippen MR) is 76.9 cm³/mol. The molecule has 0 aromatic carbocycles. The summed E-state index contributed by atoms with van der Waals surface area (Å²) in [6.07, 6.45) is 1.65. The number of carboxylic acid groups (broad SMARTS) is 1. The number of hydrogen-bond acceptors (Lipinski definition) is 5. The molecule has 1 amide bonds. The number of likely N-dealkylation sites (tertiary alicyclic amines) is 1. The fourth-order valence-electron chi connectivity index (χ4n) is 2.62. The molecule has 7 heteroatoms. The Morgan fingerprint density at radius 2 is 2.19 bits per heavy atom. The van der Waals surface area contributed by atoms with Crippen LogP contribution < -0.4 is 5.32 Å². The maximum Gasteiger partial charge on any atom is 0.303 e. The van der Waals surface area contributed by atoms with Crippen molar-refractivity contribution in [2.45, 2.75) is 38.6 Å². The second-order valence-electron chi connectivity index (χ2n) is 5.11. The van der Waals surface area contributed by atoms with Gasteiger partial charge in [-0.2, -0.15) is 0 Å². The standard InChI is InChI=1S/C14H20N4O3/c1-9-16-10(8-12(15-2)17-9)11-4-3-7-18(11)13(19)5-6-14(20)21/h8,11H,3-7H2,1-2H3,(H,20,21)(H,15,16,17)/t11-/m0/s1. The first-order chi connectivity index (χ1) is 10.0. The smallest absolute Gasteiger partial charge is 0.303 e. The van der Waals surface area contributed by atoms with Crippen LogP contribution in [-0.2, 0) is 9.59 Å². The van der Waals surface area contributed by atoms with E-state index in [-0.39, 0.29) is 24.8 Å². The molecular weight excluding hydrogens is 272 g/mol. The number of aryl methyl sites for hydroxylation is 1. The normalized spacial score (nSPS) is 17.8. The van der Waals surface area contributed by atoms with E-state index in [1.165, 1.54) is 0 Å². The molecule has 0 aliphatic carbocycles. The molecule has 2 rings (SSSR count). The van der Waals surface area contributed by atoms with E-state index in [1.807, 2.05) is 13.0 Å². The summed E-state index contributed by atoms with van der Waals surface area (Å²) in [6.45, 7) is 2.47. The zero-order valence-corrected chi connectivity index (χ0v) is 12.3.